The second kappa shape index (κ2) is 3.86. The first-order valence-corrected chi connectivity index (χ1v) is 4.84. The zero-order valence-electron chi connectivity index (χ0n) is 8.84. The summed E-state index contributed by atoms with van der Waals surface area (Å²) in [6.07, 6.45) is 3.52. The van der Waals surface area contributed by atoms with Crippen molar-refractivity contribution >= 4 is 0 Å². The molecule has 2 N–H and O–H groups in total. The molecule has 2 heterocycles. The highest BCUT2D eigenvalue weighted by Crippen LogP contribution is 2.12. The third-order valence-corrected chi connectivity index (χ3v) is 2.21. The number of nitrogens with two attached hydrogens (primary N) is 1. The van der Waals surface area contributed by atoms with Crippen LogP contribution in [0, 0.1) is 6.92 Å². The van der Waals surface area contributed by atoms with Crippen molar-refractivity contribution in [3.05, 3.63) is 35.7 Å². The summed E-state index contributed by atoms with van der Waals surface area (Å²) >= 11 is 0. The van der Waals surface area contributed by atoms with Crippen LogP contribution >= 0.6 is 0 Å². The lowest BCUT2D eigenvalue weighted by molar-refractivity contribution is 0.371. The second-order valence-corrected chi connectivity index (χ2v) is 3.67. The summed E-state index contributed by atoms with van der Waals surface area (Å²) in [4.78, 5) is 4.07. The van der Waals surface area contributed by atoms with E-state index in [0.717, 1.165) is 17.1 Å². The Morgan fingerprint density at radius 2 is 2.40 bits per heavy atom. The van der Waals surface area contributed by atoms with Crippen molar-refractivity contribution in [2.75, 3.05) is 0 Å². The van der Waals surface area contributed by atoms with Crippen molar-refractivity contribution in [1.29, 1.82) is 0 Å². The van der Waals surface area contributed by atoms with E-state index >= 15 is 0 Å². The number of hydrogen-bond donors (Lipinski definition) is 1. The Hall–Kier alpha value is -1.62. The SMILES string of the molecule is Cc1cc(Cn2cncc2C(C)N)on1. The van der Waals surface area contributed by atoms with E-state index in [9.17, 15) is 0 Å². The van der Waals surface area contributed by atoms with Crippen LogP contribution in [0.3, 0.4) is 0 Å². The molecule has 5 nitrogen and oxygen atoms in total. The average molecular weight is 206 g/mol. The zero-order valence-corrected chi connectivity index (χ0v) is 8.84. The highest BCUT2D eigenvalue weighted by atomic mass is 16.5. The molecule has 0 aliphatic carbocycles. The minimum absolute atomic E-state index is 0.0310. The first-order chi connectivity index (χ1) is 7.16. The predicted molar refractivity (Wildman–Crippen MR) is 55.2 cm³/mol. The summed E-state index contributed by atoms with van der Waals surface area (Å²) in [5.74, 6) is 0.812. The van der Waals surface area contributed by atoms with Crippen molar-refractivity contribution in [3.8, 4) is 0 Å². The summed E-state index contributed by atoms with van der Waals surface area (Å²) in [5, 5.41) is 3.83. The molecule has 2 aromatic heterocycles. The molecular formula is C10H14N4O. The van der Waals surface area contributed by atoms with Gasteiger partial charge in [-0.25, -0.2) is 4.98 Å². The Morgan fingerprint density at radius 1 is 1.60 bits per heavy atom. The first-order valence-electron chi connectivity index (χ1n) is 4.84. The fourth-order valence-electron chi connectivity index (χ4n) is 1.50. The molecule has 2 rings (SSSR count). The molecule has 0 amide bonds. The molecule has 5 heteroatoms. The fraction of sp³-hybridized carbons (Fsp3) is 0.400. The number of hydrogen-bond acceptors (Lipinski definition) is 4. The van der Waals surface area contributed by atoms with Crippen LogP contribution in [-0.2, 0) is 6.54 Å². The number of nitrogens with zero attached hydrogens (tertiary/aromatic N) is 3. The Kier molecular flexibility index (Phi) is 2.55. The quantitative estimate of drug-likeness (QED) is 0.820. The lowest BCUT2D eigenvalue weighted by Gasteiger charge is -2.08. The normalized spacial score (nSPS) is 13.0. The fourth-order valence-corrected chi connectivity index (χ4v) is 1.50. The van der Waals surface area contributed by atoms with E-state index in [1.165, 1.54) is 0 Å². The standard InChI is InChI=1S/C10H14N4O/c1-7-3-9(15-13-7)5-14-6-12-4-10(14)8(2)11/h3-4,6,8H,5,11H2,1-2H3. The Morgan fingerprint density at radius 3 is 3.00 bits per heavy atom. The van der Waals surface area contributed by atoms with Gasteiger partial charge < -0.3 is 14.8 Å². The lowest BCUT2D eigenvalue weighted by Crippen LogP contribution is -2.12. The van der Waals surface area contributed by atoms with Crippen LogP contribution in [0.25, 0.3) is 0 Å². The number of aromatic nitrogens is 3. The first kappa shape index (κ1) is 9.92. The second-order valence-electron chi connectivity index (χ2n) is 3.67. The predicted octanol–water partition coefficient (Wildman–Crippen LogP) is 1.25. The number of rotatable bonds is 3. The third kappa shape index (κ3) is 2.07. The summed E-state index contributed by atoms with van der Waals surface area (Å²) in [5.41, 5.74) is 7.68. The Bertz CT molecular complexity index is 444. The van der Waals surface area contributed by atoms with Gasteiger partial charge in [-0.2, -0.15) is 0 Å². The van der Waals surface area contributed by atoms with Crippen molar-refractivity contribution in [2.45, 2.75) is 26.4 Å². The van der Waals surface area contributed by atoms with E-state index in [1.807, 2.05) is 24.5 Å². The molecule has 0 aromatic carbocycles. The van der Waals surface area contributed by atoms with Crippen LogP contribution < -0.4 is 5.73 Å². The van der Waals surface area contributed by atoms with Crippen LogP contribution in [0.5, 0.6) is 0 Å². The molecular weight excluding hydrogens is 192 g/mol. The van der Waals surface area contributed by atoms with Gasteiger partial charge >= 0.3 is 0 Å². The highest BCUT2D eigenvalue weighted by molar-refractivity contribution is 5.08. The van der Waals surface area contributed by atoms with Crippen molar-refractivity contribution in [3.63, 3.8) is 0 Å². The minimum Gasteiger partial charge on any atom is -0.359 e. The molecule has 0 radical (unpaired) electrons. The minimum atomic E-state index is -0.0310. The molecule has 15 heavy (non-hydrogen) atoms. The molecule has 0 aliphatic heterocycles. The summed E-state index contributed by atoms with van der Waals surface area (Å²) in [7, 11) is 0. The molecule has 1 unspecified atom stereocenters. The maximum absolute atomic E-state index is 5.81. The van der Waals surface area contributed by atoms with Crippen molar-refractivity contribution in [2.24, 2.45) is 5.73 Å². The summed E-state index contributed by atoms with van der Waals surface area (Å²) < 4.78 is 7.10. The van der Waals surface area contributed by atoms with E-state index in [0.29, 0.717) is 6.54 Å². The van der Waals surface area contributed by atoms with E-state index < -0.39 is 0 Å². The molecule has 0 saturated heterocycles. The topological polar surface area (TPSA) is 69.9 Å². The molecule has 0 saturated carbocycles. The third-order valence-electron chi connectivity index (χ3n) is 2.21. The van der Waals surface area contributed by atoms with E-state index in [-0.39, 0.29) is 6.04 Å². The molecule has 2 aromatic rings. The van der Waals surface area contributed by atoms with Gasteiger partial charge in [-0.15, -0.1) is 0 Å². The van der Waals surface area contributed by atoms with Gasteiger partial charge in [0.1, 0.15) is 0 Å². The van der Waals surface area contributed by atoms with Crippen LogP contribution in [0.15, 0.2) is 23.1 Å². The van der Waals surface area contributed by atoms with E-state index in [4.69, 9.17) is 10.3 Å². The molecule has 80 valence electrons. The molecule has 0 fully saturated rings. The summed E-state index contributed by atoms with van der Waals surface area (Å²) in [6.45, 7) is 4.45. The van der Waals surface area contributed by atoms with Gasteiger partial charge in [-0.3, -0.25) is 0 Å². The van der Waals surface area contributed by atoms with Crippen LogP contribution in [0.2, 0.25) is 0 Å². The van der Waals surface area contributed by atoms with E-state index in [1.54, 1.807) is 12.5 Å². The van der Waals surface area contributed by atoms with E-state index in [2.05, 4.69) is 10.1 Å². The largest absolute Gasteiger partial charge is 0.359 e. The smallest absolute Gasteiger partial charge is 0.156 e. The van der Waals surface area contributed by atoms with Crippen LogP contribution in [-0.4, -0.2) is 14.7 Å². The summed E-state index contributed by atoms with van der Waals surface area (Å²) in [6, 6.07) is 1.88. The molecule has 0 bridgehead atoms. The van der Waals surface area contributed by atoms with Crippen molar-refractivity contribution in [1.82, 2.24) is 14.7 Å². The average Bonchev–Trinajstić information content (AvgIpc) is 2.75. The van der Waals surface area contributed by atoms with Gasteiger partial charge in [-0.05, 0) is 13.8 Å². The molecule has 0 aliphatic rings. The Balaban J connectivity index is 2.20. The van der Waals surface area contributed by atoms with Crippen molar-refractivity contribution < 1.29 is 4.52 Å². The van der Waals surface area contributed by atoms with Crippen LogP contribution in [0.4, 0.5) is 0 Å². The maximum atomic E-state index is 5.81. The van der Waals surface area contributed by atoms with Gasteiger partial charge in [0.05, 0.1) is 24.3 Å². The number of imidazole rings is 1. The molecule has 0 spiro atoms. The van der Waals surface area contributed by atoms with Gasteiger partial charge in [0.25, 0.3) is 0 Å². The maximum Gasteiger partial charge on any atom is 0.156 e. The molecule has 1 atom stereocenters. The van der Waals surface area contributed by atoms with Gasteiger partial charge in [-0.1, -0.05) is 5.16 Å². The Labute approximate surface area is 87.9 Å². The van der Waals surface area contributed by atoms with Crippen LogP contribution in [0.1, 0.15) is 30.1 Å². The lowest BCUT2D eigenvalue weighted by atomic mass is 10.2. The monoisotopic (exact) mass is 206 g/mol. The zero-order chi connectivity index (χ0) is 10.8. The van der Waals surface area contributed by atoms with Gasteiger partial charge in [0, 0.05) is 18.3 Å². The highest BCUT2D eigenvalue weighted by Gasteiger charge is 2.09. The van der Waals surface area contributed by atoms with Gasteiger partial charge in [0.2, 0.25) is 0 Å². The number of aryl methyl sites for hydroxylation is 1. The van der Waals surface area contributed by atoms with Gasteiger partial charge in [0.15, 0.2) is 5.76 Å².